The summed E-state index contributed by atoms with van der Waals surface area (Å²) in [7, 11) is 0. The Kier molecular flexibility index (Phi) is 3.99. The van der Waals surface area contributed by atoms with Crippen LogP contribution in [0.1, 0.15) is 44.2 Å². The van der Waals surface area contributed by atoms with Crippen molar-refractivity contribution in [3.05, 3.63) is 10.6 Å². The van der Waals surface area contributed by atoms with Crippen LogP contribution in [0.2, 0.25) is 0 Å². The number of aliphatic carboxylic acids is 1. The number of ether oxygens (including phenoxy) is 1. The zero-order chi connectivity index (χ0) is 16.7. The molecule has 2 rings (SSSR count). The van der Waals surface area contributed by atoms with E-state index in [1.807, 2.05) is 0 Å². The van der Waals surface area contributed by atoms with Gasteiger partial charge in [0.1, 0.15) is 16.8 Å². The minimum Gasteiger partial charge on any atom is -0.481 e. The number of hydrogen-bond donors (Lipinski definition) is 2. The molecule has 1 aromatic rings. The highest BCUT2D eigenvalue weighted by atomic mass is 32.1. The van der Waals surface area contributed by atoms with Gasteiger partial charge < -0.3 is 9.84 Å². The number of carboxylic acids is 1. The van der Waals surface area contributed by atoms with E-state index >= 15 is 0 Å². The molecule has 0 aliphatic heterocycles. The fourth-order valence-electron chi connectivity index (χ4n) is 2.32. The third-order valence-electron chi connectivity index (χ3n) is 3.25. The lowest BCUT2D eigenvalue weighted by Crippen LogP contribution is -2.48. The number of rotatable bonds is 3. The number of aryl methyl sites for hydroxylation is 1. The zero-order valence-corrected chi connectivity index (χ0v) is 13.7. The summed E-state index contributed by atoms with van der Waals surface area (Å²) in [5, 5.41) is 12.2. The number of carbonyl (C=O) groups is 3. The number of amides is 1. The third-order valence-corrected chi connectivity index (χ3v) is 4.52. The van der Waals surface area contributed by atoms with Gasteiger partial charge in [0.2, 0.25) is 0 Å². The van der Waals surface area contributed by atoms with E-state index in [1.54, 1.807) is 27.7 Å². The molecule has 1 saturated carbocycles. The molecule has 2 N–H and O–H groups in total. The Balaban J connectivity index is 2.20. The maximum absolute atomic E-state index is 11.7. The van der Waals surface area contributed by atoms with Gasteiger partial charge in [0.15, 0.2) is 5.13 Å². The first kappa shape index (κ1) is 16.4. The summed E-state index contributed by atoms with van der Waals surface area (Å²) in [5.41, 5.74) is -1.33. The van der Waals surface area contributed by atoms with Crippen molar-refractivity contribution in [2.45, 2.75) is 51.6 Å². The quantitative estimate of drug-likeness (QED) is 0.884. The molecule has 0 spiro atoms. The van der Waals surface area contributed by atoms with Crippen LogP contribution in [0.4, 0.5) is 9.93 Å². The second-order valence-electron chi connectivity index (χ2n) is 6.34. The molecule has 0 saturated heterocycles. The van der Waals surface area contributed by atoms with Gasteiger partial charge in [0, 0.05) is 17.7 Å². The average molecular weight is 326 g/mol. The van der Waals surface area contributed by atoms with Crippen molar-refractivity contribution in [1.82, 2.24) is 4.98 Å². The van der Waals surface area contributed by atoms with E-state index in [0.29, 0.717) is 10.6 Å². The predicted octanol–water partition coefficient (Wildman–Crippen LogP) is 2.48. The van der Waals surface area contributed by atoms with E-state index in [0.717, 1.165) is 11.3 Å². The van der Waals surface area contributed by atoms with Crippen LogP contribution in [0.5, 0.6) is 0 Å². The van der Waals surface area contributed by atoms with Gasteiger partial charge in [-0.25, -0.2) is 9.78 Å². The highest BCUT2D eigenvalue weighted by Crippen LogP contribution is 2.46. The Morgan fingerprint density at radius 2 is 1.95 bits per heavy atom. The van der Waals surface area contributed by atoms with Crippen LogP contribution in [-0.4, -0.2) is 33.5 Å². The van der Waals surface area contributed by atoms with Crippen LogP contribution in [0, 0.1) is 6.92 Å². The molecule has 0 aromatic carbocycles. The summed E-state index contributed by atoms with van der Waals surface area (Å²) in [6.07, 6.45) is -0.712. The number of aromatic nitrogens is 1. The Hall–Kier alpha value is -1.96. The van der Waals surface area contributed by atoms with Gasteiger partial charge in [0.25, 0.3) is 0 Å². The van der Waals surface area contributed by atoms with Gasteiger partial charge in [-0.2, -0.15) is 0 Å². The molecule has 0 unspecified atom stereocenters. The number of nitrogens with zero attached hydrogens (tertiary/aromatic N) is 1. The first-order valence-electron chi connectivity index (χ1n) is 6.76. The highest BCUT2D eigenvalue weighted by molar-refractivity contribution is 7.16. The molecule has 1 amide bonds. The van der Waals surface area contributed by atoms with E-state index in [1.165, 1.54) is 0 Å². The second kappa shape index (κ2) is 5.35. The minimum atomic E-state index is -1.20. The number of carboxylic acid groups (broad SMARTS) is 1. The average Bonchev–Trinajstić information content (AvgIpc) is 2.62. The van der Waals surface area contributed by atoms with Crippen molar-refractivity contribution in [3.8, 4) is 0 Å². The van der Waals surface area contributed by atoms with Crippen molar-refractivity contribution < 1.29 is 24.2 Å². The number of Topliss-reactive ketones (excluding diaryl/α,β-unsaturated/α-hetero) is 1. The topological polar surface area (TPSA) is 106 Å². The number of nitrogens with one attached hydrogen (secondary N) is 1. The second-order valence-corrected chi connectivity index (χ2v) is 7.34. The molecule has 1 aliphatic rings. The monoisotopic (exact) mass is 326 g/mol. The lowest BCUT2D eigenvalue weighted by Gasteiger charge is -2.35. The van der Waals surface area contributed by atoms with Crippen molar-refractivity contribution in [3.63, 3.8) is 0 Å². The molecule has 1 aromatic heterocycles. The predicted molar refractivity (Wildman–Crippen MR) is 80.3 cm³/mol. The minimum absolute atomic E-state index is 0.0305. The number of hydrogen-bond acceptors (Lipinski definition) is 6. The number of thiazole rings is 1. The van der Waals surface area contributed by atoms with Crippen molar-refractivity contribution in [1.29, 1.82) is 0 Å². The lowest BCUT2D eigenvalue weighted by atomic mass is 9.66. The molecule has 0 bridgehead atoms. The van der Waals surface area contributed by atoms with Gasteiger partial charge >= 0.3 is 12.1 Å². The summed E-state index contributed by atoms with van der Waals surface area (Å²) in [6, 6.07) is 0. The van der Waals surface area contributed by atoms with Crippen LogP contribution in [-0.2, 0) is 19.7 Å². The lowest BCUT2D eigenvalue weighted by molar-refractivity contribution is -0.153. The molecule has 1 fully saturated rings. The normalized spacial score (nSPS) is 16.8. The summed E-state index contributed by atoms with van der Waals surface area (Å²) in [4.78, 5) is 39.2. The maximum atomic E-state index is 11.7. The van der Waals surface area contributed by atoms with Crippen molar-refractivity contribution >= 4 is 34.3 Å². The third kappa shape index (κ3) is 3.11. The molecular formula is C14H18N2O5S. The molecule has 0 radical (unpaired) electrons. The Labute approximate surface area is 131 Å². The van der Waals surface area contributed by atoms with Crippen LogP contribution in [0.15, 0.2) is 0 Å². The van der Waals surface area contributed by atoms with E-state index in [4.69, 9.17) is 4.74 Å². The molecule has 8 heteroatoms. The van der Waals surface area contributed by atoms with Crippen LogP contribution in [0.25, 0.3) is 0 Å². The zero-order valence-electron chi connectivity index (χ0n) is 12.8. The Bertz CT molecular complexity index is 636. The molecule has 0 atom stereocenters. The molecule has 1 heterocycles. The summed E-state index contributed by atoms with van der Waals surface area (Å²) >= 11 is 1.07. The van der Waals surface area contributed by atoms with Crippen molar-refractivity contribution in [2.75, 3.05) is 5.32 Å². The molecular weight excluding hydrogens is 308 g/mol. The van der Waals surface area contributed by atoms with Gasteiger partial charge in [-0.1, -0.05) is 0 Å². The van der Waals surface area contributed by atoms with Crippen LogP contribution < -0.4 is 5.32 Å². The fraction of sp³-hybridized carbons (Fsp3) is 0.571. The fourth-order valence-corrected chi connectivity index (χ4v) is 3.45. The SMILES string of the molecule is Cc1nc(NC(=O)OC(C)(C)C)sc1C1(C(=O)O)CC(=O)C1. The van der Waals surface area contributed by atoms with Gasteiger partial charge in [-0.3, -0.25) is 14.9 Å². The standard InChI is InChI=1S/C14H18N2O5S/c1-7-9(14(10(18)19)5-8(17)6-14)22-11(15-7)16-12(20)21-13(2,3)4/h5-6H2,1-4H3,(H,18,19)(H,15,16,20). The largest absolute Gasteiger partial charge is 0.481 e. The Morgan fingerprint density at radius 1 is 1.36 bits per heavy atom. The van der Waals surface area contributed by atoms with Gasteiger partial charge in [-0.05, 0) is 27.7 Å². The van der Waals surface area contributed by atoms with Crippen LogP contribution in [0.3, 0.4) is 0 Å². The Morgan fingerprint density at radius 3 is 2.41 bits per heavy atom. The van der Waals surface area contributed by atoms with Gasteiger partial charge in [0.05, 0.1) is 5.69 Å². The summed E-state index contributed by atoms with van der Waals surface area (Å²) in [6.45, 7) is 6.89. The molecule has 1 aliphatic carbocycles. The summed E-state index contributed by atoms with van der Waals surface area (Å²) < 4.78 is 5.13. The number of anilines is 1. The first-order chi connectivity index (χ1) is 10.0. The van der Waals surface area contributed by atoms with Gasteiger partial charge in [-0.15, -0.1) is 11.3 Å². The maximum Gasteiger partial charge on any atom is 0.413 e. The van der Waals surface area contributed by atoms with E-state index in [2.05, 4.69) is 10.3 Å². The van der Waals surface area contributed by atoms with E-state index in [-0.39, 0.29) is 23.8 Å². The van der Waals surface area contributed by atoms with Crippen molar-refractivity contribution in [2.24, 2.45) is 0 Å². The molecule has 7 nitrogen and oxygen atoms in total. The summed E-state index contributed by atoms with van der Waals surface area (Å²) in [5.74, 6) is -1.13. The number of ketones is 1. The van der Waals surface area contributed by atoms with Crippen LogP contribution >= 0.6 is 11.3 Å². The van der Waals surface area contributed by atoms with E-state index in [9.17, 15) is 19.5 Å². The molecule has 22 heavy (non-hydrogen) atoms. The smallest absolute Gasteiger partial charge is 0.413 e. The number of carbonyl (C=O) groups excluding carboxylic acids is 2. The first-order valence-corrected chi connectivity index (χ1v) is 7.58. The van der Waals surface area contributed by atoms with E-state index < -0.39 is 23.1 Å². The molecule has 120 valence electrons. The highest BCUT2D eigenvalue weighted by Gasteiger charge is 2.53.